The number of nitro groups is 1. The van der Waals surface area contributed by atoms with Gasteiger partial charge in [-0.05, 0) is 12.1 Å². The fourth-order valence-corrected chi connectivity index (χ4v) is 2.68. The second-order valence-electron chi connectivity index (χ2n) is 5.23. The van der Waals surface area contributed by atoms with E-state index >= 15 is 0 Å². The van der Waals surface area contributed by atoms with Crippen molar-refractivity contribution >= 4 is 34.7 Å². The average Bonchev–Trinajstić information content (AvgIpc) is 3.02. The van der Waals surface area contributed by atoms with Crippen molar-refractivity contribution in [2.24, 2.45) is 0 Å². The Morgan fingerprint density at radius 2 is 2.07 bits per heavy atom. The molecule has 0 aliphatic heterocycles. The van der Waals surface area contributed by atoms with Crippen LogP contribution in [0.15, 0.2) is 35.7 Å². The lowest BCUT2D eigenvalue weighted by atomic mass is 10.2. The standard InChI is InChI=1S/C14H8F4N6O3S/c15-8-2-1-7(3-9(8)24(26)27)20-12(25)5-28-13-21-11-4-10(14(16,17)18)19-6-23(11)22-13/h1-4,6H,5H2,(H,20,25). The van der Waals surface area contributed by atoms with Crippen LogP contribution in [0.3, 0.4) is 0 Å². The van der Waals surface area contributed by atoms with Gasteiger partial charge in [0.15, 0.2) is 5.65 Å². The highest BCUT2D eigenvalue weighted by atomic mass is 32.2. The Morgan fingerprint density at radius 3 is 2.75 bits per heavy atom. The minimum Gasteiger partial charge on any atom is -0.325 e. The van der Waals surface area contributed by atoms with Gasteiger partial charge in [0.1, 0.15) is 12.0 Å². The quantitative estimate of drug-likeness (QED) is 0.294. The van der Waals surface area contributed by atoms with Crippen molar-refractivity contribution in [2.45, 2.75) is 11.3 Å². The number of fused-ring (bicyclic) bond motifs is 1. The first-order valence-electron chi connectivity index (χ1n) is 7.29. The van der Waals surface area contributed by atoms with Crippen LogP contribution in [0.4, 0.5) is 28.9 Å². The van der Waals surface area contributed by atoms with Crippen molar-refractivity contribution in [3.05, 3.63) is 52.2 Å². The van der Waals surface area contributed by atoms with Crippen LogP contribution in [0.5, 0.6) is 0 Å². The zero-order valence-corrected chi connectivity index (χ0v) is 14.3. The average molecular weight is 416 g/mol. The molecule has 9 nitrogen and oxygen atoms in total. The molecule has 0 atom stereocenters. The second-order valence-corrected chi connectivity index (χ2v) is 6.17. The van der Waals surface area contributed by atoms with E-state index in [9.17, 15) is 32.5 Å². The minimum atomic E-state index is -4.63. The lowest BCUT2D eigenvalue weighted by molar-refractivity contribution is -0.387. The number of carbonyl (C=O) groups excluding carboxylic acids is 1. The van der Waals surface area contributed by atoms with Crippen molar-refractivity contribution < 1.29 is 27.3 Å². The summed E-state index contributed by atoms with van der Waals surface area (Å²) in [6.45, 7) is 0. The van der Waals surface area contributed by atoms with Crippen molar-refractivity contribution in [3.63, 3.8) is 0 Å². The van der Waals surface area contributed by atoms with E-state index in [1.807, 2.05) is 0 Å². The number of amides is 1. The van der Waals surface area contributed by atoms with Gasteiger partial charge in [0.05, 0.1) is 10.7 Å². The van der Waals surface area contributed by atoms with E-state index in [-0.39, 0.29) is 22.2 Å². The van der Waals surface area contributed by atoms with Gasteiger partial charge in [0, 0.05) is 17.8 Å². The predicted molar refractivity (Wildman–Crippen MR) is 88.2 cm³/mol. The van der Waals surface area contributed by atoms with Gasteiger partial charge in [0.2, 0.25) is 16.9 Å². The summed E-state index contributed by atoms with van der Waals surface area (Å²) >= 11 is 0.828. The highest BCUT2D eigenvalue weighted by Crippen LogP contribution is 2.28. The smallest absolute Gasteiger partial charge is 0.325 e. The molecular weight excluding hydrogens is 408 g/mol. The van der Waals surface area contributed by atoms with Crippen LogP contribution in [0.25, 0.3) is 5.65 Å². The number of aromatic nitrogens is 4. The summed E-state index contributed by atoms with van der Waals surface area (Å²) < 4.78 is 52.2. The third kappa shape index (κ3) is 4.33. The van der Waals surface area contributed by atoms with Crippen LogP contribution >= 0.6 is 11.8 Å². The molecule has 1 amide bonds. The molecule has 0 bridgehead atoms. The Kier molecular flexibility index (Phi) is 5.13. The van der Waals surface area contributed by atoms with Gasteiger partial charge in [-0.1, -0.05) is 11.8 Å². The van der Waals surface area contributed by atoms with E-state index in [0.717, 1.165) is 46.9 Å². The van der Waals surface area contributed by atoms with Crippen LogP contribution in [0.2, 0.25) is 0 Å². The summed E-state index contributed by atoms with van der Waals surface area (Å²) in [5.74, 6) is -1.88. The van der Waals surface area contributed by atoms with E-state index in [0.29, 0.717) is 0 Å². The molecule has 146 valence electrons. The molecule has 0 aliphatic rings. The maximum Gasteiger partial charge on any atom is 0.433 e. The Balaban J connectivity index is 1.66. The maximum absolute atomic E-state index is 13.3. The summed E-state index contributed by atoms with van der Waals surface area (Å²) in [6, 6.07) is 3.58. The van der Waals surface area contributed by atoms with E-state index in [1.165, 1.54) is 0 Å². The lowest BCUT2D eigenvalue weighted by Gasteiger charge is -2.04. The zero-order valence-electron chi connectivity index (χ0n) is 13.5. The third-order valence-electron chi connectivity index (χ3n) is 3.26. The minimum absolute atomic E-state index is 0.0145. The summed E-state index contributed by atoms with van der Waals surface area (Å²) in [4.78, 5) is 28.8. The largest absolute Gasteiger partial charge is 0.433 e. The number of carbonyl (C=O) groups is 1. The lowest BCUT2D eigenvalue weighted by Crippen LogP contribution is -2.14. The molecular formula is C14H8F4N6O3S. The number of hydrogen-bond acceptors (Lipinski definition) is 7. The molecule has 3 aromatic rings. The molecule has 0 unspecified atom stereocenters. The molecule has 0 fully saturated rings. The van der Waals surface area contributed by atoms with Gasteiger partial charge < -0.3 is 5.32 Å². The topological polar surface area (TPSA) is 115 Å². The number of alkyl halides is 3. The molecule has 2 heterocycles. The fourth-order valence-electron chi connectivity index (χ4n) is 2.05. The highest BCUT2D eigenvalue weighted by Gasteiger charge is 2.33. The van der Waals surface area contributed by atoms with Gasteiger partial charge in [0.25, 0.3) is 0 Å². The van der Waals surface area contributed by atoms with E-state index < -0.39 is 34.2 Å². The third-order valence-corrected chi connectivity index (χ3v) is 4.10. The zero-order chi connectivity index (χ0) is 20.5. The molecule has 3 rings (SSSR count). The molecule has 0 saturated carbocycles. The van der Waals surface area contributed by atoms with Gasteiger partial charge in [-0.3, -0.25) is 14.9 Å². The van der Waals surface area contributed by atoms with Crippen LogP contribution in [-0.4, -0.2) is 36.2 Å². The predicted octanol–water partition coefficient (Wildman–Crippen LogP) is 2.92. The molecule has 1 aromatic carbocycles. The van der Waals surface area contributed by atoms with Crippen molar-refractivity contribution in [2.75, 3.05) is 11.1 Å². The monoisotopic (exact) mass is 416 g/mol. The first kappa shape index (κ1) is 19.5. The van der Waals surface area contributed by atoms with Gasteiger partial charge in [-0.2, -0.15) is 17.6 Å². The fraction of sp³-hybridized carbons (Fsp3) is 0.143. The summed E-state index contributed by atoms with van der Waals surface area (Å²) in [5, 5.41) is 17.0. The van der Waals surface area contributed by atoms with Crippen LogP contribution in [-0.2, 0) is 11.0 Å². The van der Waals surface area contributed by atoms with E-state index in [1.54, 1.807) is 0 Å². The summed E-state index contributed by atoms with van der Waals surface area (Å²) in [5.41, 5.74) is -2.00. The molecule has 14 heteroatoms. The normalized spacial score (nSPS) is 11.6. The molecule has 2 aromatic heterocycles. The number of nitro benzene ring substituents is 1. The van der Waals surface area contributed by atoms with Crippen molar-refractivity contribution in [1.82, 2.24) is 19.6 Å². The molecule has 0 spiro atoms. The first-order chi connectivity index (χ1) is 13.1. The van der Waals surface area contributed by atoms with Crippen LogP contribution in [0.1, 0.15) is 5.69 Å². The molecule has 0 aliphatic carbocycles. The van der Waals surface area contributed by atoms with Gasteiger partial charge in [-0.15, -0.1) is 5.10 Å². The number of hydrogen-bond donors (Lipinski definition) is 1. The van der Waals surface area contributed by atoms with Crippen LogP contribution in [0, 0.1) is 15.9 Å². The van der Waals surface area contributed by atoms with Crippen molar-refractivity contribution in [3.8, 4) is 0 Å². The molecule has 28 heavy (non-hydrogen) atoms. The van der Waals surface area contributed by atoms with Gasteiger partial charge in [-0.25, -0.2) is 14.5 Å². The van der Waals surface area contributed by atoms with Crippen molar-refractivity contribution in [1.29, 1.82) is 0 Å². The van der Waals surface area contributed by atoms with Crippen LogP contribution < -0.4 is 5.32 Å². The summed E-state index contributed by atoms with van der Waals surface area (Å²) in [7, 11) is 0. The maximum atomic E-state index is 13.3. The number of nitrogens with zero attached hydrogens (tertiary/aromatic N) is 5. The number of nitrogens with one attached hydrogen (secondary N) is 1. The number of thioether (sulfide) groups is 1. The second kappa shape index (κ2) is 7.38. The Bertz CT molecular complexity index is 1070. The summed E-state index contributed by atoms with van der Waals surface area (Å²) in [6.07, 6.45) is -3.77. The molecule has 0 saturated heterocycles. The Labute approximate surface area is 156 Å². The highest BCUT2D eigenvalue weighted by molar-refractivity contribution is 7.99. The Hall–Kier alpha value is -3.29. The molecule has 0 radical (unpaired) electrons. The number of rotatable bonds is 5. The van der Waals surface area contributed by atoms with E-state index in [4.69, 9.17) is 0 Å². The number of halogens is 4. The number of benzene rings is 1. The van der Waals surface area contributed by atoms with E-state index in [2.05, 4.69) is 20.4 Å². The molecule has 1 N–H and O–H groups in total. The van der Waals surface area contributed by atoms with Gasteiger partial charge >= 0.3 is 11.9 Å². The first-order valence-corrected chi connectivity index (χ1v) is 8.28. The number of anilines is 1. The Morgan fingerprint density at radius 1 is 1.32 bits per heavy atom. The SMILES string of the molecule is O=C(CSc1nc2cc(C(F)(F)F)ncn2n1)Nc1ccc(F)c([N+](=O)[O-])c1.